The van der Waals surface area contributed by atoms with E-state index in [-0.39, 0.29) is 38.6 Å². The number of Topliss-reactive ketones (excluding diaryl/α,β-unsaturated/α-hetero) is 3. The molecule has 3 aromatic carbocycles. The van der Waals surface area contributed by atoms with E-state index < -0.39 is 6.92 Å². The average molecular weight is 610 g/mol. The summed E-state index contributed by atoms with van der Waals surface area (Å²) in [6, 6.07) is 7.65. The standard InChI is InChI=1S/C13H17BO2.C11H13BO2.C11H15BO2.CH4/c1-7-8(2)12(10(4)15)9(3)13-11(7)6-16-14(13)5;1-7-4-11-9(6-14-12(11)3)5-10(7)8(2)13;1-7-8(2)11(12(4)14)6-5-10(7)9(3)13;/h6H2,1-5H3;4-5H,6H2,1-3H3;5-6,14H,1-4H3;1H4. The van der Waals surface area contributed by atoms with Crippen LogP contribution in [-0.2, 0) is 22.5 Å². The third kappa shape index (κ3) is 7.94. The molecule has 0 atom stereocenters. The molecule has 0 amide bonds. The Kier molecular flexibility index (Phi) is 12.9. The highest BCUT2D eigenvalue weighted by Gasteiger charge is 2.30. The van der Waals surface area contributed by atoms with Crippen LogP contribution in [0.15, 0.2) is 24.3 Å². The molecule has 1 N–H and O–H groups in total. The minimum absolute atomic E-state index is 0. The topological polar surface area (TPSA) is 89.9 Å². The lowest BCUT2D eigenvalue weighted by Crippen LogP contribution is -2.30. The first kappa shape index (κ1) is 37.9. The zero-order valence-electron chi connectivity index (χ0n) is 28.4. The summed E-state index contributed by atoms with van der Waals surface area (Å²) < 4.78 is 11.2. The van der Waals surface area contributed by atoms with Gasteiger partial charge in [-0.25, -0.2) is 0 Å². The van der Waals surface area contributed by atoms with Crippen LogP contribution in [0.25, 0.3) is 0 Å². The zero-order chi connectivity index (χ0) is 33.2. The number of benzene rings is 3. The van der Waals surface area contributed by atoms with E-state index in [0.717, 1.165) is 55.5 Å². The van der Waals surface area contributed by atoms with Crippen molar-refractivity contribution in [1.29, 1.82) is 0 Å². The van der Waals surface area contributed by atoms with Crippen molar-refractivity contribution >= 4 is 54.5 Å². The molecule has 0 aliphatic carbocycles. The summed E-state index contributed by atoms with van der Waals surface area (Å²) in [5.41, 5.74) is 14.7. The van der Waals surface area contributed by atoms with E-state index in [1.54, 1.807) is 33.7 Å². The van der Waals surface area contributed by atoms with Crippen LogP contribution >= 0.6 is 0 Å². The van der Waals surface area contributed by atoms with Gasteiger partial charge in [0.15, 0.2) is 17.3 Å². The Morgan fingerprint density at radius 1 is 0.733 bits per heavy atom. The minimum Gasteiger partial charge on any atom is -0.446 e. The highest BCUT2D eigenvalue weighted by atomic mass is 16.4. The maximum absolute atomic E-state index is 11.7. The van der Waals surface area contributed by atoms with Crippen molar-refractivity contribution in [1.82, 2.24) is 0 Å². The highest BCUT2D eigenvalue weighted by molar-refractivity contribution is 6.68. The van der Waals surface area contributed by atoms with Crippen molar-refractivity contribution < 1.29 is 28.7 Å². The molecular weight excluding hydrogens is 561 g/mol. The molecule has 45 heavy (non-hydrogen) atoms. The van der Waals surface area contributed by atoms with Gasteiger partial charge < -0.3 is 14.3 Å². The molecule has 2 aliphatic rings. The number of carbonyl (C=O) groups excluding carboxylic acids is 3. The molecule has 0 unspecified atom stereocenters. The van der Waals surface area contributed by atoms with Crippen LogP contribution in [0.5, 0.6) is 0 Å². The Hall–Kier alpha value is -3.26. The molecule has 6 nitrogen and oxygen atoms in total. The number of fused-ring (bicyclic) bond motifs is 2. The van der Waals surface area contributed by atoms with Gasteiger partial charge in [0.05, 0.1) is 13.2 Å². The third-order valence-corrected chi connectivity index (χ3v) is 9.18. The van der Waals surface area contributed by atoms with Gasteiger partial charge in [0.2, 0.25) is 0 Å². The van der Waals surface area contributed by atoms with Crippen LogP contribution in [0.2, 0.25) is 20.5 Å². The van der Waals surface area contributed by atoms with Crippen molar-refractivity contribution in [3.05, 3.63) is 85.5 Å². The van der Waals surface area contributed by atoms with Crippen LogP contribution in [0, 0.1) is 41.5 Å². The summed E-state index contributed by atoms with van der Waals surface area (Å²) in [7, 11) is 0. The summed E-state index contributed by atoms with van der Waals surface area (Å²) >= 11 is 0. The molecule has 0 bridgehead atoms. The summed E-state index contributed by atoms with van der Waals surface area (Å²) in [5, 5.41) is 9.47. The quantitative estimate of drug-likeness (QED) is 0.302. The molecule has 0 saturated heterocycles. The van der Waals surface area contributed by atoms with Crippen LogP contribution in [0.1, 0.15) is 104 Å². The predicted molar refractivity (Wildman–Crippen MR) is 190 cm³/mol. The van der Waals surface area contributed by atoms with Gasteiger partial charge in [-0.2, -0.15) is 0 Å². The van der Waals surface area contributed by atoms with Crippen LogP contribution in [0.4, 0.5) is 0 Å². The molecular formula is C36H49B3O6. The Morgan fingerprint density at radius 2 is 1.31 bits per heavy atom. The average Bonchev–Trinajstić information content (AvgIpc) is 3.50. The Morgan fingerprint density at radius 3 is 1.84 bits per heavy atom. The second-order valence-electron chi connectivity index (χ2n) is 12.2. The monoisotopic (exact) mass is 610 g/mol. The summed E-state index contributed by atoms with van der Waals surface area (Å²) in [4.78, 5) is 34.2. The molecule has 0 aromatic heterocycles. The molecule has 238 valence electrons. The molecule has 2 heterocycles. The molecule has 3 aromatic rings. The lowest BCUT2D eigenvalue weighted by molar-refractivity contribution is 0.100. The van der Waals surface area contributed by atoms with Crippen LogP contribution in [0.3, 0.4) is 0 Å². The third-order valence-electron chi connectivity index (χ3n) is 9.18. The van der Waals surface area contributed by atoms with Gasteiger partial charge in [-0.15, -0.1) is 0 Å². The lowest BCUT2D eigenvalue weighted by atomic mass is 9.61. The van der Waals surface area contributed by atoms with Crippen molar-refractivity contribution in [2.45, 2.75) is 103 Å². The van der Waals surface area contributed by atoms with Crippen molar-refractivity contribution in [2.24, 2.45) is 0 Å². The van der Waals surface area contributed by atoms with Crippen LogP contribution in [-0.4, -0.2) is 43.1 Å². The second kappa shape index (κ2) is 15.4. The van der Waals surface area contributed by atoms with E-state index in [2.05, 4.69) is 19.8 Å². The fourth-order valence-electron chi connectivity index (χ4n) is 6.45. The maximum Gasteiger partial charge on any atom is 0.324 e. The number of hydrogen-bond acceptors (Lipinski definition) is 6. The van der Waals surface area contributed by atoms with E-state index in [9.17, 15) is 19.4 Å². The molecule has 0 radical (unpaired) electrons. The number of aryl methyl sites for hydroxylation is 1. The Balaban J connectivity index is 0.000000233. The molecule has 2 aliphatic heterocycles. The van der Waals surface area contributed by atoms with Gasteiger partial charge in [-0.1, -0.05) is 51.7 Å². The van der Waals surface area contributed by atoms with E-state index >= 15 is 0 Å². The summed E-state index contributed by atoms with van der Waals surface area (Å²) in [6.07, 6.45) is 0. The van der Waals surface area contributed by atoms with E-state index in [4.69, 9.17) is 9.31 Å². The molecule has 5 rings (SSSR count). The fraction of sp³-hybridized carbons (Fsp3) is 0.417. The first-order valence-electron chi connectivity index (χ1n) is 15.3. The zero-order valence-corrected chi connectivity index (χ0v) is 28.4. The minimum atomic E-state index is -0.477. The molecule has 9 heteroatoms. The van der Waals surface area contributed by atoms with Crippen molar-refractivity contribution in [3.63, 3.8) is 0 Å². The largest absolute Gasteiger partial charge is 0.446 e. The fourth-order valence-corrected chi connectivity index (χ4v) is 6.45. The normalized spacial score (nSPS) is 12.6. The second-order valence-corrected chi connectivity index (χ2v) is 12.2. The predicted octanol–water partition coefficient (Wildman–Crippen LogP) is 5.69. The first-order valence-corrected chi connectivity index (χ1v) is 15.3. The number of hydrogen-bond donors (Lipinski definition) is 1. The van der Waals surface area contributed by atoms with Crippen LogP contribution < -0.4 is 16.4 Å². The Bertz CT molecular complexity index is 1630. The Labute approximate surface area is 271 Å². The number of carbonyl (C=O) groups is 3. The molecule has 0 fully saturated rings. The van der Waals surface area contributed by atoms with Crippen molar-refractivity contribution in [3.8, 4) is 0 Å². The summed E-state index contributed by atoms with van der Waals surface area (Å²) in [6.45, 7) is 23.7. The lowest BCUT2D eigenvalue weighted by Gasteiger charge is -2.16. The smallest absolute Gasteiger partial charge is 0.324 e. The molecule has 0 spiro atoms. The van der Waals surface area contributed by atoms with Gasteiger partial charge >= 0.3 is 20.7 Å². The number of ketones is 3. The van der Waals surface area contributed by atoms with Gasteiger partial charge in [-0.05, 0) is 124 Å². The van der Waals surface area contributed by atoms with Gasteiger partial charge in [-0.3, -0.25) is 14.4 Å². The van der Waals surface area contributed by atoms with Crippen molar-refractivity contribution in [2.75, 3.05) is 0 Å². The van der Waals surface area contributed by atoms with Gasteiger partial charge in [0.1, 0.15) is 0 Å². The highest BCUT2D eigenvalue weighted by Crippen LogP contribution is 2.26. The van der Waals surface area contributed by atoms with E-state index in [1.807, 2.05) is 53.6 Å². The van der Waals surface area contributed by atoms with Gasteiger partial charge in [0.25, 0.3) is 0 Å². The van der Waals surface area contributed by atoms with E-state index in [1.165, 1.54) is 22.1 Å². The first-order chi connectivity index (χ1) is 20.5. The summed E-state index contributed by atoms with van der Waals surface area (Å²) in [5.74, 6) is 0.354. The maximum atomic E-state index is 11.7. The SMILES string of the molecule is C.CB(O)c1ccc(C(C)=O)c(C)c1C.CB1OCc2c(C)c(C)c(C(C)=O)c(C)c21.CB1OCc2cc(C(C)=O)c(C)cc21. The molecule has 0 saturated carbocycles. The van der Waals surface area contributed by atoms with E-state index in [0.29, 0.717) is 13.2 Å². The number of rotatable bonds is 4. The van der Waals surface area contributed by atoms with Gasteiger partial charge in [0, 0.05) is 16.7 Å².